The Kier molecular flexibility index (Phi) is 2.82. The summed E-state index contributed by atoms with van der Waals surface area (Å²) < 4.78 is 0. The number of nitrogens with zero attached hydrogens (tertiary/aromatic N) is 1. The zero-order valence-electron chi connectivity index (χ0n) is 5.33. The van der Waals surface area contributed by atoms with Gasteiger partial charge in [0.25, 0.3) is 0 Å². The van der Waals surface area contributed by atoms with E-state index in [2.05, 4.69) is 9.97 Å². The van der Waals surface area contributed by atoms with Crippen molar-refractivity contribution in [1.82, 2.24) is 9.97 Å². The SMILES string of the molecule is [Ce].c1ccc2[nH]cnc2c1. The molecule has 3 heteroatoms. The fourth-order valence-corrected chi connectivity index (χ4v) is 0.880. The van der Waals surface area contributed by atoms with Crippen LogP contribution in [-0.4, -0.2) is 9.97 Å². The molecule has 0 bridgehead atoms. The van der Waals surface area contributed by atoms with Gasteiger partial charge in [0.05, 0.1) is 17.4 Å². The van der Waals surface area contributed by atoms with Gasteiger partial charge in [-0.2, -0.15) is 0 Å². The molecule has 0 radical (unpaired) electrons. The number of H-pyrrole nitrogens is 1. The van der Waals surface area contributed by atoms with Crippen LogP contribution in [0, 0.1) is 41.7 Å². The smallest absolute Gasteiger partial charge is 0.0931 e. The van der Waals surface area contributed by atoms with Gasteiger partial charge < -0.3 is 4.98 Å². The van der Waals surface area contributed by atoms with Crippen LogP contribution in [0.1, 0.15) is 0 Å². The predicted octanol–water partition coefficient (Wildman–Crippen LogP) is 1.56. The van der Waals surface area contributed by atoms with Crippen molar-refractivity contribution in [2.75, 3.05) is 0 Å². The first-order valence-electron chi connectivity index (χ1n) is 2.85. The maximum Gasteiger partial charge on any atom is 0.0931 e. The van der Waals surface area contributed by atoms with Crippen molar-refractivity contribution < 1.29 is 41.7 Å². The quantitative estimate of drug-likeness (QED) is 0.763. The summed E-state index contributed by atoms with van der Waals surface area (Å²) in [7, 11) is 0. The molecular weight excluding hydrogens is 252 g/mol. The summed E-state index contributed by atoms with van der Waals surface area (Å²) in [5.41, 5.74) is 2.12. The summed E-state index contributed by atoms with van der Waals surface area (Å²) in [5.74, 6) is 0. The molecule has 0 amide bonds. The zero-order chi connectivity index (χ0) is 6.10. The van der Waals surface area contributed by atoms with Crippen LogP contribution in [0.15, 0.2) is 30.6 Å². The fourth-order valence-electron chi connectivity index (χ4n) is 0.880. The van der Waals surface area contributed by atoms with Gasteiger partial charge in [-0.25, -0.2) is 4.98 Å². The summed E-state index contributed by atoms with van der Waals surface area (Å²) in [6.45, 7) is 0. The van der Waals surface area contributed by atoms with Crippen LogP contribution in [0.25, 0.3) is 11.0 Å². The molecule has 0 atom stereocenters. The molecule has 2 nitrogen and oxygen atoms in total. The normalized spacial score (nSPS) is 9.20. The average Bonchev–Trinajstić information content (AvgIpc) is 2.33. The van der Waals surface area contributed by atoms with E-state index >= 15 is 0 Å². The summed E-state index contributed by atoms with van der Waals surface area (Å²) in [6.07, 6.45) is 1.70. The Morgan fingerprint density at radius 3 is 2.80 bits per heavy atom. The Balaban J connectivity index is 0.000000500. The molecule has 10 heavy (non-hydrogen) atoms. The fraction of sp³-hybridized carbons (Fsp3) is 0. The third kappa shape index (κ3) is 1.38. The zero-order valence-corrected chi connectivity index (χ0v) is 8.47. The first-order valence-corrected chi connectivity index (χ1v) is 2.85. The molecule has 0 fully saturated rings. The Bertz CT molecular complexity index is 286. The van der Waals surface area contributed by atoms with Crippen LogP contribution in [0.5, 0.6) is 0 Å². The van der Waals surface area contributed by atoms with E-state index in [1.807, 2.05) is 24.3 Å². The maximum atomic E-state index is 4.06. The first-order chi connectivity index (χ1) is 4.47. The molecule has 0 aliphatic rings. The van der Waals surface area contributed by atoms with E-state index in [0.29, 0.717) is 0 Å². The molecule has 1 aromatic heterocycles. The van der Waals surface area contributed by atoms with Crippen molar-refractivity contribution in [1.29, 1.82) is 0 Å². The third-order valence-electron chi connectivity index (χ3n) is 1.33. The van der Waals surface area contributed by atoms with E-state index in [1.165, 1.54) is 0 Å². The molecule has 0 spiro atoms. The molecule has 1 N–H and O–H groups in total. The third-order valence-corrected chi connectivity index (χ3v) is 1.33. The Morgan fingerprint density at radius 2 is 2.00 bits per heavy atom. The predicted molar refractivity (Wildman–Crippen MR) is 36.1 cm³/mol. The molecule has 0 aliphatic heterocycles. The van der Waals surface area contributed by atoms with Crippen molar-refractivity contribution in [2.24, 2.45) is 0 Å². The van der Waals surface area contributed by atoms with Gasteiger partial charge in [0.15, 0.2) is 0 Å². The standard InChI is InChI=1S/C7H6N2.Ce/c1-2-4-7-6(3-1)8-5-9-7;/h1-5H,(H,8,9);. The molecule has 2 aromatic rings. The van der Waals surface area contributed by atoms with Gasteiger partial charge in [-0.3, -0.25) is 0 Å². The molecule has 0 saturated heterocycles. The minimum absolute atomic E-state index is 0. The van der Waals surface area contributed by atoms with Crippen molar-refractivity contribution in [3.63, 3.8) is 0 Å². The number of fused-ring (bicyclic) bond motifs is 1. The summed E-state index contributed by atoms with van der Waals surface area (Å²) in [5, 5.41) is 0. The van der Waals surface area contributed by atoms with Gasteiger partial charge in [-0.05, 0) is 12.1 Å². The van der Waals surface area contributed by atoms with Crippen LogP contribution in [0.4, 0.5) is 0 Å². The largest absolute Gasteiger partial charge is 0.345 e. The van der Waals surface area contributed by atoms with Gasteiger partial charge in [0, 0.05) is 41.7 Å². The van der Waals surface area contributed by atoms with Crippen molar-refractivity contribution in [2.45, 2.75) is 0 Å². The maximum absolute atomic E-state index is 4.06. The van der Waals surface area contributed by atoms with E-state index in [4.69, 9.17) is 0 Å². The van der Waals surface area contributed by atoms with E-state index in [1.54, 1.807) is 6.33 Å². The average molecular weight is 258 g/mol. The summed E-state index contributed by atoms with van der Waals surface area (Å²) in [4.78, 5) is 7.07. The molecule has 2 rings (SSSR count). The van der Waals surface area contributed by atoms with Crippen LogP contribution < -0.4 is 0 Å². The number of rotatable bonds is 0. The van der Waals surface area contributed by atoms with Crippen LogP contribution in [0.3, 0.4) is 0 Å². The molecular formula is C7H6CeN2. The van der Waals surface area contributed by atoms with Crippen LogP contribution in [-0.2, 0) is 0 Å². The first kappa shape index (κ1) is 8.17. The number of aromatic nitrogens is 2. The van der Waals surface area contributed by atoms with E-state index < -0.39 is 0 Å². The number of aromatic amines is 1. The topological polar surface area (TPSA) is 28.7 Å². The van der Waals surface area contributed by atoms with Crippen LogP contribution >= 0.6 is 0 Å². The second-order valence-corrected chi connectivity index (χ2v) is 1.92. The Hall–Kier alpha value is 0.0666. The second kappa shape index (κ2) is 3.46. The van der Waals surface area contributed by atoms with E-state index in [0.717, 1.165) is 11.0 Å². The second-order valence-electron chi connectivity index (χ2n) is 1.92. The minimum Gasteiger partial charge on any atom is -0.345 e. The van der Waals surface area contributed by atoms with Gasteiger partial charge >= 0.3 is 0 Å². The molecule has 1 heterocycles. The Morgan fingerprint density at radius 1 is 1.20 bits per heavy atom. The van der Waals surface area contributed by atoms with E-state index in [-0.39, 0.29) is 41.7 Å². The number of hydrogen-bond acceptors (Lipinski definition) is 1. The van der Waals surface area contributed by atoms with Crippen molar-refractivity contribution in [3.05, 3.63) is 30.6 Å². The summed E-state index contributed by atoms with van der Waals surface area (Å²) >= 11 is 0. The van der Waals surface area contributed by atoms with Gasteiger partial charge in [0.2, 0.25) is 0 Å². The number of imidazole rings is 1. The molecule has 1 aromatic carbocycles. The molecule has 48 valence electrons. The van der Waals surface area contributed by atoms with Crippen molar-refractivity contribution >= 4 is 11.0 Å². The van der Waals surface area contributed by atoms with Gasteiger partial charge in [-0.1, -0.05) is 12.1 Å². The van der Waals surface area contributed by atoms with Gasteiger partial charge in [0.1, 0.15) is 0 Å². The number of nitrogens with one attached hydrogen (secondary N) is 1. The number of benzene rings is 1. The molecule has 0 saturated carbocycles. The van der Waals surface area contributed by atoms with Gasteiger partial charge in [-0.15, -0.1) is 0 Å². The Labute approximate surface area is 92.4 Å². The van der Waals surface area contributed by atoms with Crippen LogP contribution in [0.2, 0.25) is 0 Å². The number of hydrogen-bond donors (Lipinski definition) is 1. The monoisotopic (exact) mass is 258 g/mol. The van der Waals surface area contributed by atoms with Crippen molar-refractivity contribution in [3.8, 4) is 0 Å². The number of para-hydroxylation sites is 2. The molecule has 0 aliphatic carbocycles. The molecule has 0 unspecified atom stereocenters. The summed E-state index contributed by atoms with van der Waals surface area (Å²) in [6, 6.07) is 7.94. The van der Waals surface area contributed by atoms with E-state index in [9.17, 15) is 0 Å². The minimum atomic E-state index is 0.